The van der Waals surface area contributed by atoms with Crippen LogP contribution in [0.15, 0.2) is 24.3 Å². The Labute approximate surface area is 115 Å². The Hall–Kier alpha value is -0.290. The summed E-state index contributed by atoms with van der Waals surface area (Å²) in [5, 5.41) is 0.104. The van der Waals surface area contributed by atoms with Crippen LogP contribution in [0.4, 0.5) is 0 Å². The number of benzene rings is 1. The maximum absolute atomic E-state index is 11.9. The topological polar surface area (TPSA) is 20.3 Å². The van der Waals surface area contributed by atoms with E-state index in [1.807, 2.05) is 31.2 Å². The van der Waals surface area contributed by atoms with Crippen molar-refractivity contribution in [3.63, 3.8) is 0 Å². The first-order chi connectivity index (χ1) is 7.50. The monoisotopic (exact) mass is 351 g/mol. The Morgan fingerprint density at radius 3 is 2.50 bits per heavy atom. The summed E-state index contributed by atoms with van der Waals surface area (Å²) in [6.07, 6.45) is 0.814. The normalized spacial score (nSPS) is 12.2. The molecule has 1 aromatic rings. The zero-order valence-electron chi connectivity index (χ0n) is 9.41. The first-order valence-electron chi connectivity index (χ1n) is 5.16. The lowest BCUT2D eigenvalue weighted by molar-refractivity contribution is 0.0793. The van der Waals surface area contributed by atoms with Gasteiger partial charge in [0.2, 0.25) is 0 Å². The van der Waals surface area contributed by atoms with Gasteiger partial charge in [0.05, 0.1) is 0 Å². The molecule has 0 aromatic heterocycles. The van der Waals surface area contributed by atoms with Crippen LogP contribution in [-0.2, 0) is 0 Å². The van der Waals surface area contributed by atoms with Crippen LogP contribution in [0.3, 0.4) is 0 Å². The van der Waals surface area contributed by atoms with E-state index < -0.39 is 0 Å². The number of carbonyl (C=O) groups is 1. The molecular weight excluding hydrogens is 336 g/mol. The Bertz CT molecular complexity index is 351. The fraction of sp³-hybridized carbons (Fsp3) is 0.417. The quantitative estimate of drug-likeness (QED) is 0.601. The summed E-state index contributed by atoms with van der Waals surface area (Å²) in [5.41, 5.74) is 0.727. The SMILES string of the molecule is CC(Cl)CCN(C)C(=O)c1ccc(I)cc1. The zero-order valence-corrected chi connectivity index (χ0v) is 12.3. The fourth-order valence-electron chi connectivity index (χ4n) is 1.29. The standard InChI is InChI=1S/C12H15ClINO/c1-9(13)7-8-15(2)12(16)10-3-5-11(14)6-4-10/h3-6,9H,7-8H2,1-2H3. The molecule has 1 aromatic carbocycles. The lowest BCUT2D eigenvalue weighted by atomic mass is 10.2. The van der Waals surface area contributed by atoms with Crippen LogP contribution in [0.25, 0.3) is 0 Å². The lowest BCUT2D eigenvalue weighted by Gasteiger charge is -2.17. The van der Waals surface area contributed by atoms with Gasteiger partial charge in [0.1, 0.15) is 0 Å². The van der Waals surface area contributed by atoms with Gasteiger partial charge in [0.15, 0.2) is 0 Å². The first kappa shape index (κ1) is 13.8. The molecule has 0 heterocycles. The molecule has 1 atom stereocenters. The molecule has 0 aliphatic heterocycles. The van der Waals surface area contributed by atoms with Crippen LogP contribution in [0.2, 0.25) is 0 Å². The summed E-state index contributed by atoms with van der Waals surface area (Å²) < 4.78 is 1.13. The molecule has 0 saturated carbocycles. The van der Waals surface area contributed by atoms with E-state index in [1.165, 1.54) is 0 Å². The summed E-state index contributed by atoms with van der Waals surface area (Å²) >= 11 is 8.07. The summed E-state index contributed by atoms with van der Waals surface area (Å²) in [5.74, 6) is 0.0497. The summed E-state index contributed by atoms with van der Waals surface area (Å²) in [4.78, 5) is 13.7. The largest absolute Gasteiger partial charge is 0.342 e. The number of hydrogen-bond donors (Lipinski definition) is 0. The average Bonchev–Trinajstić information content (AvgIpc) is 2.26. The number of carbonyl (C=O) groups excluding carboxylic acids is 1. The Kier molecular flexibility index (Phi) is 5.55. The first-order valence-corrected chi connectivity index (χ1v) is 6.67. The number of rotatable bonds is 4. The molecule has 1 amide bonds. The van der Waals surface area contributed by atoms with Gasteiger partial charge in [-0.05, 0) is 60.2 Å². The van der Waals surface area contributed by atoms with E-state index in [-0.39, 0.29) is 11.3 Å². The third kappa shape index (κ3) is 4.29. The molecule has 0 fully saturated rings. The highest BCUT2D eigenvalue weighted by molar-refractivity contribution is 14.1. The van der Waals surface area contributed by atoms with Gasteiger partial charge in [0.25, 0.3) is 5.91 Å². The van der Waals surface area contributed by atoms with Crippen molar-refractivity contribution >= 4 is 40.1 Å². The van der Waals surface area contributed by atoms with Crippen molar-refractivity contribution in [1.82, 2.24) is 4.90 Å². The predicted molar refractivity (Wildman–Crippen MR) is 76.1 cm³/mol. The van der Waals surface area contributed by atoms with Crippen molar-refractivity contribution in [2.24, 2.45) is 0 Å². The number of amides is 1. The van der Waals surface area contributed by atoms with E-state index in [0.29, 0.717) is 6.54 Å². The van der Waals surface area contributed by atoms with E-state index in [2.05, 4.69) is 22.6 Å². The molecule has 16 heavy (non-hydrogen) atoms. The minimum atomic E-state index is 0.0497. The predicted octanol–water partition coefficient (Wildman–Crippen LogP) is 3.38. The molecule has 0 N–H and O–H groups in total. The smallest absolute Gasteiger partial charge is 0.253 e. The van der Waals surface area contributed by atoms with Gasteiger partial charge in [-0.2, -0.15) is 0 Å². The van der Waals surface area contributed by atoms with Gasteiger partial charge < -0.3 is 4.90 Å². The molecule has 1 rings (SSSR count). The van der Waals surface area contributed by atoms with Gasteiger partial charge in [-0.1, -0.05) is 0 Å². The number of alkyl halides is 1. The maximum atomic E-state index is 11.9. The van der Waals surface area contributed by atoms with Crippen LogP contribution in [0.5, 0.6) is 0 Å². The number of halogens is 2. The minimum Gasteiger partial charge on any atom is -0.342 e. The average molecular weight is 352 g/mol. The third-order valence-electron chi connectivity index (χ3n) is 2.30. The van der Waals surface area contributed by atoms with Crippen LogP contribution in [0, 0.1) is 3.57 Å². The molecule has 0 spiro atoms. The van der Waals surface area contributed by atoms with Crippen molar-refractivity contribution in [1.29, 1.82) is 0 Å². The van der Waals surface area contributed by atoms with E-state index in [1.54, 1.807) is 11.9 Å². The van der Waals surface area contributed by atoms with E-state index in [4.69, 9.17) is 11.6 Å². The Balaban J connectivity index is 2.60. The Morgan fingerprint density at radius 1 is 1.44 bits per heavy atom. The van der Waals surface area contributed by atoms with Crippen molar-refractivity contribution in [2.75, 3.05) is 13.6 Å². The second-order valence-corrected chi connectivity index (χ2v) is 5.79. The highest BCUT2D eigenvalue weighted by Gasteiger charge is 2.11. The lowest BCUT2D eigenvalue weighted by Crippen LogP contribution is -2.28. The van der Waals surface area contributed by atoms with E-state index in [9.17, 15) is 4.79 Å². The zero-order chi connectivity index (χ0) is 12.1. The maximum Gasteiger partial charge on any atom is 0.253 e. The molecule has 4 heteroatoms. The molecule has 0 aliphatic carbocycles. The molecule has 0 saturated heterocycles. The second-order valence-electron chi connectivity index (χ2n) is 3.80. The molecule has 0 radical (unpaired) electrons. The molecule has 88 valence electrons. The highest BCUT2D eigenvalue weighted by Crippen LogP contribution is 2.10. The van der Waals surface area contributed by atoms with Crippen LogP contribution >= 0.6 is 34.2 Å². The van der Waals surface area contributed by atoms with E-state index in [0.717, 1.165) is 15.6 Å². The number of nitrogens with zero attached hydrogens (tertiary/aromatic N) is 1. The minimum absolute atomic E-state index is 0.0497. The molecular formula is C12H15ClINO. The molecule has 0 aliphatic rings. The third-order valence-corrected chi connectivity index (χ3v) is 3.24. The molecule has 0 bridgehead atoms. The van der Waals surface area contributed by atoms with Crippen molar-refractivity contribution in [3.8, 4) is 0 Å². The van der Waals surface area contributed by atoms with Gasteiger partial charge in [-0.15, -0.1) is 11.6 Å². The van der Waals surface area contributed by atoms with Crippen molar-refractivity contribution < 1.29 is 4.79 Å². The summed E-state index contributed by atoms with van der Waals surface area (Å²) in [6, 6.07) is 7.58. The Morgan fingerprint density at radius 2 is 2.00 bits per heavy atom. The molecule has 1 unspecified atom stereocenters. The summed E-state index contributed by atoms with van der Waals surface area (Å²) in [7, 11) is 1.81. The second kappa shape index (κ2) is 6.45. The fourth-order valence-corrected chi connectivity index (χ4v) is 1.74. The summed E-state index contributed by atoms with van der Waals surface area (Å²) in [6.45, 7) is 2.63. The van der Waals surface area contributed by atoms with Crippen LogP contribution < -0.4 is 0 Å². The van der Waals surface area contributed by atoms with Crippen LogP contribution in [-0.4, -0.2) is 29.8 Å². The van der Waals surface area contributed by atoms with E-state index >= 15 is 0 Å². The van der Waals surface area contributed by atoms with Gasteiger partial charge >= 0.3 is 0 Å². The van der Waals surface area contributed by atoms with Crippen molar-refractivity contribution in [2.45, 2.75) is 18.7 Å². The van der Waals surface area contributed by atoms with Crippen molar-refractivity contribution in [3.05, 3.63) is 33.4 Å². The van der Waals surface area contributed by atoms with Crippen LogP contribution in [0.1, 0.15) is 23.7 Å². The molecule has 2 nitrogen and oxygen atoms in total. The van der Waals surface area contributed by atoms with Gasteiger partial charge in [-0.3, -0.25) is 4.79 Å². The van der Waals surface area contributed by atoms with Gasteiger partial charge in [0, 0.05) is 28.1 Å². The highest BCUT2D eigenvalue weighted by atomic mass is 127. The van der Waals surface area contributed by atoms with Gasteiger partial charge in [-0.25, -0.2) is 0 Å². The number of hydrogen-bond acceptors (Lipinski definition) is 1.